The number of rotatable bonds is 10. The summed E-state index contributed by atoms with van der Waals surface area (Å²) in [6, 6.07) is 8.29. The van der Waals surface area contributed by atoms with Crippen molar-refractivity contribution in [3.8, 4) is 0 Å². The second-order valence-electron chi connectivity index (χ2n) is 7.75. The number of morpholine rings is 1. The number of aliphatic imine (C=N–C) groups is 1. The van der Waals surface area contributed by atoms with E-state index in [9.17, 15) is 4.79 Å². The highest BCUT2D eigenvalue weighted by atomic mass is 127. The lowest BCUT2D eigenvalue weighted by Gasteiger charge is -2.39. The zero-order valence-electron chi connectivity index (χ0n) is 19.4. The fourth-order valence-electron chi connectivity index (χ4n) is 4.00. The van der Waals surface area contributed by atoms with Crippen LogP contribution in [0.5, 0.6) is 0 Å². The number of guanidine groups is 1. The Morgan fingerprint density at radius 1 is 1.16 bits per heavy atom. The third-order valence-electron chi connectivity index (χ3n) is 5.60. The van der Waals surface area contributed by atoms with Crippen molar-refractivity contribution in [2.75, 3.05) is 44.7 Å². The molecule has 8 heteroatoms. The van der Waals surface area contributed by atoms with E-state index >= 15 is 0 Å². The van der Waals surface area contributed by atoms with E-state index in [4.69, 9.17) is 9.73 Å². The summed E-state index contributed by atoms with van der Waals surface area (Å²) in [6.07, 6.45) is 2.34. The molecule has 176 valence electrons. The van der Waals surface area contributed by atoms with Crippen LogP contribution in [0.4, 0.5) is 5.69 Å². The zero-order chi connectivity index (χ0) is 21.8. The van der Waals surface area contributed by atoms with Crippen LogP contribution in [0, 0.1) is 5.92 Å². The molecule has 1 heterocycles. The summed E-state index contributed by atoms with van der Waals surface area (Å²) in [5.74, 6) is 1.40. The molecule has 0 saturated carbocycles. The van der Waals surface area contributed by atoms with Gasteiger partial charge < -0.3 is 20.7 Å². The monoisotopic (exact) mass is 545 g/mol. The van der Waals surface area contributed by atoms with E-state index in [1.54, 1.807) is 0 Å². The number of hydrogen-bond donors (Lipinski definition) is 3. The SMILES string of the molecule is CCNC(=NCc1cccc(NC(C)=O)c1)NCC(C(CC)CC)N1CCOCC1.I. The quantitative estimate of drug-likeness (QED) is 0.239. The first kappa shape index (κ1) is 27.6. The number of anilines is 1. The number of carbonyl (C=O) groups excluding carboxylic acids is 1. The molecule has 1 aromatic carbocycles. The predicted molar refractivity (Wildman–Crippen MR) is 139 cm³/mol. The first-order valence-electron chi connectivity index (χ1n) is 11.3. The van der Waals surface area contributed by atoms with Crippen LogP contribution in [-0.4, -0.2) is 62.2 Å². The number of hydrogen-bond acceptors (Lipinski definition) is 4. The van der Waals surface area contributed by atoms with Crippen molar-refractivity contribution in [2.24, 2.45) is 10.9 Å². The van der Waals surface area contributed by atoms with Crippen LogP contribution in [0.3, 0.4) is 0 Å². The molecule has 0 aliphatic carbocycles. The van der Waals surface area contributed by atoms with E-state index in [-0.39, 0.29) is 29.9 Å². The van der Waals surface area contributed by atoms with Gasteiger partial charge in [-0.3, -0.25) is 9.69 Å². The van der Waals surface area contributed by atoms with Crippen molar-refractivity contribution in [3.05, 3.63) is 29.8 Å². The molecular formula is C23H40IN5O2. The first-order chi connectivity index (χ1) is 14.6. The highest BCUT2D eigenvalue weighted by Gasteiger charge is 2.27. The standard InChI is InChI=1S/C23H39N5O2.HI/c1-5-20(6-2)22(28-11-13-30-14-12-28)17-26-23(24-7-3)25-16-19-9-8-10-21(15-19)27-18(4)29;/h8-10,15,20,22H,5-7,11-14,16-17H2,1-4H3,(H,27,29)(H2,24,25,26);1H. The molecule has 1 saturated heterocycles. The van der Waals surface area contributed by atoms with Crippen LogP contribution in [-0.2, 0) is 16.1 Å². The Hall–Kier alpha value is -1.39. The molecule has 1 amide bonds. The molecule has 31 heavy (non-hydrogen) atoms. The van der Waals surface area contributed by atoms with Crippen molar-refractivity contribution in [2.45, 2.75) is 53.1 Å². The van der Waals surface area contributed by atoms with Crippen molar-refractivity contribution < 1.29 is 9.53 Å². The molecule has 1 fully saturated rings. The Morgan fingerprint density at radius 2 is 1.87 bits per heavy atom. The number of halogens is 1. The van der Waals surface area contributed by atoms with Crippen LogP contribution < -0.4 is 16.0 Å². The maximum Gasteiger partial charge on any atom is 0.221 e. The van der Waals surface area contributed by atoms with Crippen molar-refractivity contribution in [1.29, 1.82) is 0 Å². The van der Waals surface area contributed by atoms with Gasteiger partial charge in [-0.05, 0) is 30.5 Å². The number of ether oxygens (including phenoxy) is 1. The Kier molecular flexibility index (Phi) is 13.7. The molecule has 7 nitrogen and oxygen atoms in total. The molecule has 0 radical (unpaired) electrons. The molecule has 1 aromatic rings. The largest absolute Gasteiger partial charge is 0.379 e. The molecule has 0 spiro atoms. The van der Waals surface area contributed by atoms with Crippen LogP contribution in [0.25, 0.3) is 0 Å². The van der Waals surface area contributed by atoms with Gasteiger partial charge in [0.2, 0.25) is 5.91 Å². The Balaban J connectivity index is 0.00000480. The van der Waals surface area contributed by atoms with Crippen molar-refractivity contribution in [3.63, 3.8) is 0 Å². The third-order valence-corrected chi connectivity index (χ3v) is 5.60. The average Bonchev–Trinajstić information content (AvgIpc) is 2.75. The summed E-state index contributed by atoms with van der Waals surface area (Å²) in [5.41, 5.74) is 1.86. The van der Waals surface area contributed by atoms with Gasteiger partial charge in [0.05, 0.1) is 19.8 Å². The molecular weight excluding hydrogens is 505 g/mol. The van der Waals surface area contributed by atoms with Crippen molar-refractivity contribution in [1.82, 2.24) is 15.5 Å². The molecule has 0 bridgehead atoms. The first-order valence-corrected chi connectivity index (χ1v) is 11.3. The minimum atomic E-state index is -0.0683. The van der Waals surface area contributed by atoms with Gasteiger partial charge in [-0.25, -0.2) is 4.99 Å². The smallest absolute Gasteiger partial charge is 0.221 e. The zero-order valence-corrected chi connectivity index (χ0v) is 21.8. The lowest BCUT2D eigenvalue weighted by molar-refractivity contribution is -0.114. The van der Waals surface area contributed by atoms with E-state index in [1.165, 1.54) is 19.8 Å². The van der Waals surface area contributed by atoms with Gasteiger partial charge in [-0.2, -0.15) is 0 Å². The lowest BCUT2D eigenvalue weighted by Crippen LogP contribution is -2.53. The second kappa shape index (κ2) is 15.4. The molecule has 0 aromatic heterocycles. The number of carbonyl (C=O) groups is 1. The van der Waals surface area contributed by atoms with Crippen LogP contribution in [0.15, 0.2) is 29.3 Å². The predicted octanol–water partition coefficient (Wildman–Crippen LogP) is 3.46. The third kappa shape index (κ3) is 9.74. The van der Waals surface area contributed by atoms with Crippen molar-refractivity contribution >= 4 is 41.5 Å². The van der Waals surface area contributed by atoms with Crippen LogP contribution in [0.1, 0.15) is 46.1 Å². The Labute approximate surface area is 204 Å². The summed E-state index contributed by atoms with van der Waals surface area (Å²) < 4.78 is 5.56. The molecule has 2 rings (SSSR count). The molecule has 1 aliphatic heterocycles. The fraction of sp³-hybridized carbons (Fsp3) is 0.652. The van der Waals surface area contributed by atoms with Gasteiger partial charge in [0, 0.05) is 44.8 Å². The highest BCUT2D eigenvalue weighted by molar-refractivity contribution is 14.0. The van der Waals surface area contributed by atoms with Gasteiger partial charge in [0.25, 0.3) is 0 Å². The Morgan fingerprint density at radius 3 is 2.48 bits per heavy atom. The number of benzene rings is 1. The van der Waals surface area contributed by atoms with Gasteiger partial charge >= 0.3 is 0 Å². The minimum absolute atomic E-state index is 0. The maximum absolute atomic E-state index is 11.3. The van der Waals surface area contributed by atoms with Gasteiger partial charge in [0.15, 0.2) is 5.96 Å². The lowest BCUT2D eigenvalue weighted by atomic mass is 9.92. The van der Waals surface area contributed by atoms with Crippen LogP contribution in [0.2, 0.25) is 0 Å². The second-order valence-corrected chi connectivity index (χ2v) is 7.75. The summed E-state index contributed by atoms with van der Waals surface area (Å²) >= 11 is 0. The normalized spacial score (nSPS) is 15.8. The number of nitrogens with zero attached hydrogens (tertiary/aromatic N) is 2. The van der Waals surface area contributed by atoms with Gasteiger partial charge in [0.1, 0.15) is 0 Å². The molecule has 1 unspecified atom stereocenters. The Bertz CT molecular complexity index is 676. The summed E-state index contributed by atoms with van der Waals surface area (Å²) in [7, 11) is 0. The summed E-state index contributed by atoms with van der Waals surface area (Å²) in [6.45, 7) is 14.0. The van der Waals surface area contributed by atoms with E-state index < -0.39 is 0 Å². The average molecular weight is 546 g/mol. The van der Waals surface area contributed by atoms with Crippen LogP contribution >= 0.6 is 24.0 Å². The number of amides is 1. The van der Waals surface area contributed by atoms with E-state index in [1.807, 2.05) is 24.3 Å². The highest BCUT2D eigenvalue weighted by Crippen LogP contribution is 2.19. The topological polar surface area (TPSA) is 78.0 Å². The van der Waals surface area contributed by atoms with Gasteiger partial charge in [-0.1, -0.05) is 38.8 Å². The molecule has 1 atom stereocenters. The maximum atomic E-state index is 11.3. The van der Waals surface area contributed by atoms with E-state index in [0.29, 0.717) is 18.5 Å². The van der Waals surface area contributed by atoms with E-state index in [0.717, 1.165) is 56.6 Å². The minimum Gasteiger partial charge on any atom is -0.379 e. The fourth-order valence-corrected chi connectivity index (χ4v) is 4.00. The summed E-state index contributed by atoms with van der Waals surface area (Å²) in [5, 5.41) is 9.76. The molecule has 3 N–H and O–H groups in total. The number of nitrogens with one attached hydrogen (secondary N) is 3. The van der Waals surface area contributed by atoms with Gasteiger partial charge in [-0.15, -0.1) is 24.0 Å². The summed E-state index contributed by atoms with van der Waals surface area (Å²) in [4.78, 5) is 18.6. The molecule has 1 aliphatic rings. The van der Waals surface area contributed by atoms with E-state index in [2.05, 4.69) is 41.6 Å².